The Bertz CT molecular complexity index is 730. The zero-order valence-corrected chi connectivity index (χ0v) is 15.8. The zero-order chi connectivity index (χ0) is 17.9. The van der Waals surface area contributed by atoms with Crippen LogP contribution in [0.25, 0.3) is 0 Å². The van der Waals surface area contributed by atoms with E-state index in [1.165, 1.54) is 12.0 Å². The molecule has 1 amide bonds. The number of sulfonamides is 1. The third-order valence-corrected chi connectivity index (χ3v) is 6.84. The number of carbonyl (C=O) groups excluding carboxylic acids is 1. The number of likely N-dealkylation sites (tertiary alicyclic amines) is 1. The summed E-state index contributed by atoms with van der Waals surface area (Å²) in [6.45, 7) is 3.01. The lowest BCUT2D eigenvalue weighted by Crippen LogP contribution is -2.43. The number of aryl methyl sites for hydroxylation is 2. The van der Waals surface area contributed by atoms with Gasteiger partial charge in [-0.25, -0.2) is 13.1 Å². The van der Waals surface area contributed by atoms with Gasteiger partial charge in [-0.3, -0.25) is 4.79 Å². The van der Waals surface area contributed by atoms with Gasteiger partial charge in [0.25, 0.3) is 0 Å². The van der Waals surface area contributed by atoms with Crippen LogP contribution in [0.15, 0.2) is 23.1 Å². The number of nitrogens with zero attached hydrogens (tertiary/aromatic N) is 1. The smallest absolute Gasteiger partial charge is 0.240 e. The van der Waals surface area contributed by atoms with Crippen LogP contribution < -0.4 is 4.72 Å². The number of nitrogens with one attached hydrogen (secondary N) is 1. The Hall–Kier alpha value is -1.40. The Morgan fingerprint density at radius 3 is 2.68 bits per heavy atom. The van der Waals surface area contributed by atoms with Gasteiger partial charge in [0.15, 0.2) is 0 Å². The molecule has 1 N–H and O–H groups in total. The first-order valence-corrected chi connectivity index (χ1v) is 10.9. The van der Waals surface area contributed by atoms with Crippen LogP contribution in [0.5, 0.6) is 0 Å². The minimum Gasteiger partial charge on any atom is -0.340 e. The summed E-state index contributed by atoms with van der Waals surface area (Å²) < 4.78 is 27.6. The molecule has 1 heterocycles. The summed E-state index contributed by atoms with van der Waals surface area (Å²) in [5.74, 6) is 0.0420. The van der Waals surface area contributed by atoms with Crippen molar-refractivity contribution in [2.75, 3.05) is 13.1 Å². The van der Waals surface area contributed by atoms with Gasteiger partial charge in [-0.15, -0.1) is 0 Å². The number of hydrogen-bond donors (Lipinski definition) is 1. The number of hydrogen-bond acceptors (Lipinski definition) is 3. The molecule has 5 nitrogen and oxygen atoms in total. The Labute approximate surface area is 150 Å². The van der Waals surface area contributed by atoms with Gasteiger partial charge in [0, 0.05) is 25.6 Å². The van der Waals surface area contributed by atoms with Crippen molar-refractivity contribution in [3.63, 3.8) is 0 Å². The second-order valence-corrected chi connectivity index (χ2v) is 8.98. The fourth-order valence-corrected chi connectivity index (χ4v) is 4.95. The maximum atomic E-state index is 12.5. The first-order chi connectivity index (χ1) is 12.0. The van der Waals surface area contributed by atoms with Crippen molar-refractivity contribution in [2.45, 2.75) is 69.2 Å². The normalized spacial score (nSPS) is 21.0. The van der Waals surface area contributed by atoms with E-state index in [1.54, 1.807) is 12.1 Å². The van der Waals surface area contributed by atoms with Crippen LogP contribution in [0.3, 0.4) is 0 Å². The number of piperidine rings is 1. The van der Waals surface area contributed by atoms with Crippen LogP contribution in [0.1, 0.15) is 56.6 Å². The lowest BCUT2D eigenvalue weighted by Gasteiger charge is -2.33. The molecule has 6 heteroatoms. The van der Waals surface area contributed by atoms with Crippen molar-refractivity contribution < 1.29 is 13.2 Å². The highest BCUT2D eigenvalue weighted by molar-refractivity contribution is 7.89. The predicted molar refractivity (Wildman–Crippen MR) is 97.9 cm³/mol. The minimum atomic E-state index is -3.55. The Kier molecular flexibility index (Phi) is 5.79. The third-order valence-electron chi connectivity index (χ3n) is 5.38. The topological polar surface area (TPSA) is 66.5 Å². The van der Waals surface area contributed by atoms with Gasteiger partial charge >= 0.3 is 0 Å². The Balaban J connectivity index is 1.57. The largest absolute Gasteiger partial charge is 0.340 e. The number of amides is 1. The highest BCUT2D eigenvalue weighted by Crippen LogP contribution is 2.24. The van der Waals surface area contributed by atoms with Crippen molar-refractivity contribution in [2.24, 2.45) is 0 Å². The molecule has 1 aliphatic carbocycles. The number of carbonyl (C=O) groups is 1. The number of rotatable bonds is 5. The van der Waals surface area contributed by atoms with E-state index < -0.39 is 10.0 Å². The van der Waals surface area contributed by atoms with Gasteiger partial charge in [-0.2, -0.15) is 0 Å². The maximum Gasteiger partial charge on any atom is 0.240 e. The fraction of sp³-hybridized carbons (Fsp3) is 0.632. The Morgan fingerprint density at radius 1 is 1.16 bits per heavy atom. The van der Waals surface area contributed by atoms with Crippen molar-refractivity contribution in [3.05, 3.63) is 29.3 Å². The van der Waals surface area contributed by atoms with E-state index in [9.17, 15) is 13.2 Å². The van der Waals surface area contributed by atoms with Crippen LogP contribution in [0, 0.1) is 0 Å². The molecule has 1 atom stereocenters. The molecule has 1 fully saturated rings. The van der Waals surface area contributed by atoms with E-state index >= 15 is 0 Å². The second kappa shape index (κ2) is 7.87. The van der Waals surface area contributed by atoms with Crippen molar-refractivity contribution in [3.8, 4) is 0 Å². The quantitative estimate of drug-likeness (QED) is 0.873. The van der Waals surface area contributed by atoms with E-state index in [-0.39, 0.29) is 24.9 Å². The van der Waals surface area contributed by atoms with E-state index in [4.69, 9.17) is 0 Å². The van der Waals surface area contributed by atoms with Crippen molar-refractivity contribution in [1.29, 1.82) is 0 Å². The van der Waals surface area contributed by atoms with Gasteiger partial charge in [-0.1, -0.05) is 6.07 Å². The molecule has 1 saturated heterocycles. The molecule has 0 aromatic heterocycles. The molecular weight excluding hydrogens is 336 g/mol. The van der Waals surface area contributed by atoms with Crippen molar-refractivity contribution in [1.82, 2.24) is 9.62 Å². The van der Waals surface area contributed by atoms with E-state index in [1.807, 2.05) is 11.0 Å². The summed E-state index contributed by atoms with van der Waals surface area (Å²) >= 11 is 0. The Morgan fingerprint density at radius 2 is 1.92 bits per heavy atom. The zero-order valence-electron chi connectivity index (χ0n) is 15.0. The maximum absolute atomic E-state index is 12.5. The average molecular weight is 365 g/mol. The molecule has 2 aliphatic rings. The molecule has 25 heavy (non-hydrogen) atoms. The number of fused-ring (bicyclic) bond motifs is 1. The summed E-state index contributed by atoms with van der Waals surface area (Å²) in [7, 11) is -3.55. The lowest BCUT2D eigenvalue weighted by molar-refractivity contribution is -0.134. The van der Waals surface area contributed by atoms with Gasteiger partial charge < -0.3 is 4.90 Å². The summed E-state index contributed by atoms with van der Waals surface area (Å²) in [6.07, 6.45) is 7.73. The van der Waals surface area contributed by atoms with Crippen LogP contribution in [0.4, 0.5) is 0 Å². The first kappa shape index (κ1) is 18.4. The van der Waals surface area contributed by atoms with Crippen LogP contribution >= 0.6 is 0 Å². The summed E-state index contributed by atoms with van der Waals surface area (Å²) in [6, 6.07) is 5.68. The molecule has 0 spiro atoms. The van der Waals surface area contributed by atoms with Crippen LogP contribution in [-0.2, 0) is 27.7 Å². The van der Waals surface area contributed by atoms with Crippen molar-refractivity contribution >= 4 is 15.9 Å². The molecular formula is C19H28N2O3S. The molecule has 0 bridgehead atoms. The molecule has 1 aromatic carbocycles. The van der Waals surface area contributed by atoms with Gasteiger partial charge in [0.2, 0.25) is 15.9 Å². The summed E-state index contributed by atoms with van der Waals surface area (Å²) in [5.41, 5.74) is 2.41. The summed E-state index contributed by atoms with van der Waals surface area (Å²) in [5, 5.41) is 0. The highest BCUT2D eigenvalue weighted by atomic mass is 32.2. The summed E-state index contributed by atoms with van der Waals surface area (Å²) in [4.78, 5) is 14.5. The second-order valence-electron chi connectivity index (χ2n) is 7.22. The first-order valence-electron chi connectivity index (χ1n) is 9.38. The molecule has 0 saturated carbocycles. The monoisotopic (exact) mass is 364 g/mol. The molecule has 0 radical (unpaired) electrons. The van der Waals surface area contributed by atoms with Gasteiger partial charge in [0.05, 0.1) is 4.90 Å². The molecule has 1 aromatic rings. The lowest BCUT2D eigenvalue weighted by atomic mass is 9.92. The van der Waals surface area contributed by atoms with E-state index in [2.05, 4.69) is 11.6 Å². The molecule has 3 rings (SSSR count). The van der Waals surface area contributed by atoms with E-state index in [0.29, 0.717) is 4.90 Å². The molecule has 1 unspecified atom stereocenters. The SMILES string of the molecule is CC1CCCCN1C(=O)CCNS(=O)(=O)c1ccc2c(c1)CCCC2. The highest BCUT2D eigenvalue weighted by Gasteiger charge is 2.23. The fourth-order valence-electron chi connectivity index (χ4n) is 3.86. The van der Waals surface area contributed by atoms with Crippen LogP contribution in [-0.4, -0.2) is 38.4 Å². The molecule has 1 aliphatic heterocycles. The predicted octanol–water partition coefficient (Wildman–Crippen LogP) is 2.63. The van der Waals surface area contributed by atoms with Gasteiger partial charge in [-0.05, 0) is 75.1 Å². The van der Waals surface area contributed by atoms with Crippen LogP contribution in [0.2, 0.25) is 0 Å². The minimum absolute atomic E-state index is 0.0420. The van der Waals surface area contributed by atoms with E-state index in [0.717, 1.165) is 50.6 Å². The third kappa shape index (κ3) is 4.42. The standard InChI is InChI=1S/C19H28N2O3S/c1-15-6-4-5-13-21(15)19(22)11-12-20-25(23,24)18-10-9-16-7-2-3-8-17(16)14-18/h9-10,14-15,20H,2-8,11-13H2,1H3. The number of benzene rings is 1. The average Bonchev–Trinajstić information content (AvgIpc) is 2.61. The van der Waals surface area contributed by atoms with Gasteiger partial charge in [0.1, 0.15) is 0 Å². The molecule has 138 valence electrons.